The number of hydrogen-bond acceptors (Lipinski definition) is 4. The first-order chi connectivity index (χ1) is 9.54. The number of benzene rings is 1. The lowest BCUT2D eigenvalue weighted by Crippen LogP contribution is -2.43. The van der Waals surface area contributed by atoms with E-state index in [1.165, 1.54) is 0 Å². The smallest absolute Gasteiger partial charge is 0.265 e. The second-order valence-electron chi connectivity index (χ2n) is 5.14. The molecule has 0 aromatic heterocycles. The average molecular weight is 276 g/mol. The number of hydrogen-bond donors (Lipinski definition) is 1. The van der Waals surface area contributed by atoms with Crippen LogP contribution in [0.1, 0.15) is 37.0 Å². The first-order valence-corrected chi connectivity index (χ1v) is 6.86. The summed E-state index contributed by atoms with van der Waals surface area (Å²) in [6, 6.07) is 5.27. The fourth-order valence-electron chi connectivity index (χ4n) is 2.32. The molecule has 20 heavy (non-hydrogen) atoms. The number of ether oxygens (including phenoxy) is 1. The summed E-state index contributed by atoms with van der Waals surface area (Å²) in [6.45, 7) is 4.42. The van der Waals surface area contributed by atoms with Crippen LogP contribution in [0.3, 0.4) is 0 Å². The molecule has 0 aliphatic carbocycles. The van der Waals surface area contributed by atoms with E-state index >= 15 is 0 Å². The molecule has 0 unspecified atom stereocenters. The van der Waals surface area contributed by atoms with E-state index in [0.29, 0.717) is 36.4 Å². The highest BCUT2D eigenvalue weighted by Crippen LogP contribution is 2.34. The van der Waals surface area contributed by atoms with Crippen molar-refractivity contribution in [3.63, 3.8) is 0 Å². The van der Waals surface area contributed by atoms with Crippen molar-refractivity contribution in [1.29, 1.82) is 0 Å². The molecule has 0 atom stereocenters. The molecule has 1 aliphatic rings. The average Bonchev–Trinajstić information content (AvgIpc) is 2.43. The number of carbonyl (C=O) groups is 2. The Bertz CT molecular complexity index is 526. The van der Waals surface area contributed by atoms with Crippen LogP contribution in [-0.4, -0.2) is 30.9 Å². The van der Waals surface area contributed by atoms with Gasteiger partial charge >= 0.3 is 0 Å². The molecule has 0 spiro atoms. The highest BCUT2D eigenvalue weighted by molar-refractivity contribution is 6.02. The molecule has 5 heteroatoms. The fraction of sp³-hybridized carbons (Fsp3) is 0.467. The van der Waals surface area contributed by atoms with Gasteiger partial charge in [0.15, 0.2) is 12.4 Å². The number of nitrogens with two attached hydrogens (primary N) is 1. The quantitative estimate of drug-likeness (QED) is 0.831. The van der Waals surface area contributed by atoms with E-state index < -0.39 is 0 Å². The topological polar surface area (TPSA) is 72.6 Å². The summed E-state index contributed by atoms with van der Waals surface area (Å²) >= 11 is 0. The number of fused-ring (bicyclic) bond motifs is 1. The number of nitrogens with zero attached hydrogens (tertiary/aromatic N) is 1. The lowest BCUT2D eigenvalue weighted by Gasteiger charge is -2.32. The van der Waals surface area contributed by atoms with E-state index in [-0.39, 0.29) is 24.3 Å². The van der Waals surface area contributed by atoms with Crippen LogP contribution in [0, 0.1) is 0 Å². The van der Waals surface area contributed by atoms with Crippen LogP contribution < -0.4 is 15.4 Å². The Morgan fingerprint density at radius 3 is 2.85 bits per heavy atom. The second-order valence-corrected chi connectivity index (χ2v) is 5.14. The van der Waals surface area contributed by atoms with Crippen molar-refractivity contribution in [3.8, 4) is 5.75 Å². The SMILES string of the molecule is CC(C)N1C(=O)COc2ccc(C(=O)CCCN)cc21. The lowest BCUT2D eigenvalue weighted by atomic mass is 10.0. The van der Waals surface area contributed by atoms with Gasteiger partial charge in [-0.2, -0.15) is 0 Å². The van der Waals surface area contributed by atoms with Gasteiger partial charge in [0.2, 0.25) is 0 Å². The number of rotatable bonds is 5. The minimum Gasteiger partial charge on any atom is -0.482 e. The summed E-state index contributed by atoms with van der Waals surface area (Å²) in [5.41, 5.74) is 6.69. The minimum absolute atomic E-state index is 0.0274. The summed E-state index contributed by atoms with van der Waals surface area (Å²) in [4.78, 5) is 25.7. The van der Waals surface area contributed by atoms with Crippen LogP contribution in [0.5, 0.6) is 5.75 Å². The number of ketones is 1. The molecule has 1 aromatic carbocycles. The summed E-state index contributed by atoms with van der Waals surface area (Å²) in [5.74, 6) is 0.604. The van der Waals surface area contributed by atoms with Gasteiger partial charge in [0.05, 0.1) is 5.69 Å². The second kappa shape index (κ2) is 6.05. The van der Waals surface area contributed by atoms with Crippen molar-refractivity contribution in [3.05, 3.63) is 23.8 Å². The van der Waals surface area contributed by atoms with E-state index in [9.17, 15) is 9.59 Å². The Labute approximate surface area is 118 Å². The van der Waals surface area contributed by atoms with Gasteiger partial charge in [-0.25, -0.2) is 0 Å². The molecule has 0 fully saturated rings. The Hall–Kier alpha value is -1.88. The molecule has 5 nitrogen and oxygen atoms in total. The predicted molar refractivity (Wildman–Crippen MR) is 77.2 cm³/mol. The Balaban J connectivity index is 2.33. The molecule has 1 heterocycles. The van der Waals surface area contributed by atoms with Crippen molar-refractivity contribution in [1.82, 2.24) is 0 Å². The van der Waals surface area contributed by atoms with Crippen LogP contribution in [0.15, 0.2) is 18.2 Å². The molecule has 108 valence electrons. The minimum atomic E-state index is -0.0842. The number of Topliss-reactive ketones (excluding diaryl/α,β-unsaturated/α-hetero) is 1. The molecule has 0 radical (unpaired) electrons. The third-order valence-corrected chi connectivity index (χ3v) is 3.28. The molecule has 0 saturated carbocycles. The van der Waals surface area contributed by atoms with Gasteiger partial charge in [0.25, 0.3) is 5.91 Å². The van der Waals surface area contributed by atoms with E-state index in [0.717, 1.165) is 0 Å². The monoisotopic (exact) mass is 276 g/mol. The summed E-state index contributed by atoms with van der Waals surface area (Å²) in [7, 11) is 0. The van der Waals surface area contributed by atoms with Crippen molar-refractivity contribution in [2.24, 2.45) is 5.73 Å². The van der Waals surface area contributed by atoms with Crippen LogP contribution in [-0.2, 0) is 4.79 Å². The van der Waals surface area contributed by atoms with Gasteiger partial charge in [-0.15, -0.1) is 0 Å². The van der Waals surface area contributed by atoms with Gasteiger partial charge < -0.3 is 15.4 Å². The molecular weight excluding hydrogens is 256 g/mol. The molecule has 0 bridgehead atoms. The summed E-state index contributed by atoms with van der Waals surface area (Å²) in [5, 5.41) is 0. The van der Waals surface area contributed by atoms with Gasteiger partial charge in [-0.05, 0) is 45.0 Å². The fourth-order valence-corrected chi connectivity index (χ4v) is 2.32. The third kappa shape index (κ3) is 2.82. The molecular formula is C15H20N2O3. The molecule has 1 aromatic rings. The van der Waals surface area contributed by atoms with Crippen molar-refractivity contribution >= 4 is 17.4 Å². The zero-order valence-electron chi connectivity index (χ0n) is 11.9. The van der Waals surface area contributed by atoms with E-state index in [1.54, 1.807) is 23.1 Å². The molecule has 1 amide bonds. The normalized spacial score (nSPS) is 14.2. The predicted octanol–water partition coefficient (Wildman–Crippen LogP) is 1.74. The number of anilines is 1. The van der Waals surface area contributed by atoms with Crippen LogP contribution in [0.25, 0.3) is 0 Å². The summed E-state index contributed by atoms with van der Waals surface area (Å²) in [6.07, 6.45) is 1.09. The van der Waals surface area contributed by atoms with Gasteiger partial charge in [-0.1, -0.05) is 0 Å². The van der Waals surface area contributed by atoms with E-state index in [1.807, 2.05) is 13.8 Å². The first-order valence-electron chi connectivity index (χ1n) is 6.86. The van der Waals surface area contributed by atoms with Crippen LogP contribution in [0.4, 0.5) is 5.69 Å². The molecule has 2 N–H and O–H groups in total. The third-order valence-electron chi connectivity index (χ3n) is 3.28. The van der Waals surface area contributed by atoms with Crippen LogP contribution >= 0.6 is 0 Å². The Kier molecular flexibility index (Phi) is 4.39. The maximum atomic E-state index is 12.0. The highest BCUT2D eigenvalue weighted by atomic mass is 16.5. The highest BCUT2D eigenvalue weighted by Gasteiger charge is 2.28. The van der Waals surface area contributed by atoms with Crippen molar-refractivity contribution < 1.29 is 14.3 Å². The largest absolute Gasteiger partial charge is 0.482 e. The standard InChI is InChI=1S/C15H20N2O3/c1-10(2)17-12-8-11(13(18)4-3-7-16)5-6-14(12)20-9-15(17)19/h5-6,8,10H,3-4,7,9,16H2,1-2H3. The lowest BCUT2D eigenvalue weighted by molar-refractivity contribution is -0.121. The number of amides is 1. The maximum Gasteiger partial charge on any atom is 0.265 e. The first kappa shape index (κ1) is 14.5. The van der Waals surface area contributed by atoms with Gasteiger partial charge in [-0.3, -0.25) is 9.59 Å². The molecule has 1 aliphatic heterocycles. The van der Waals surface area contributed by atoms with Crippen molar-refractivity contribution in [2.75, 3.05) is 18.1 Å². The van der Waals surface area contributed by atoms with Gasteiger partial charge in [0.1, 0.15) is 5.75 Å². The molecule has 0 saturated heterocycles. The zero-order valence-corrected chi connectivity index (χ0v) is 11.9. The summed E-state index contributed by atoms with van der Waals surface area (Å²) < 4.78 is 5.41. The Morgan fingerprint density at radius 2 is 2.20 bits per heavy atom. The van der Waals surface area contributed by atoms with Gasteiger partial charge in [0, 0.05) is 18.0 Å². The zero-order chi connectivity index (χ0) is 14.7. The Morgan fingerprint density at radius 1 is 1.45 bits per heavy atom. The number of carbonyl (C=O) groups excluding carboxylic acids is 2. The molecule has 2 rings (SSSR count). The maximum absolute atomic E-state index is 12.0. The van der Waals surface area contributed by atoms with Crippen molar-refractivity contribution in [2.45, 2.75) is 32.7 Å². The van der Waals surface area contributed by atoms with E-state index in [4.69, 9.17) is 10.5 Å². The van der Waals surface area contributed by atoms with Crippen LogP contribution in [0.2, 0.25) is 0 Å². The van der Waals surface area contributed by atoms with E-state index in [2.05, 4.69) is 0 Å².